The fourth-order valence-electron chi connectivity index (χ4n) is 5.15. The number of nitrogens with one attached hydrogen (secondary N) is 1. The summed E-state index contributed by atoms with van der Waals surface area (Å²) < 4.78 is 11.4. The fourth-order valence-corrected chi connectivity index (χ4v) is 5.15. The molecule has 4 atom stereocenters. The van der Waals surface area contributed by atoms with E-state index in [4.69, 9.17) is 9.47 Å². The molecule has 2 heterocycles. The number of ether oxygens (including phenoxy) is 2. The van der Waals surface area contributed by atoms with Crippen LogP contribution in [0.4, 0.5) is 17.1 Å². The minimum Gasteiger partial charge on any atom is -0.493 e. The van der Waals surface area contributed by atoms with Crippen molar-refractivity contribution in [1.82, 2.24) is 9.91 Å². The Morgan fingerprint density at radius 3 is 2.37 bits per heavy atom. The van der Waals surface area contributed by atoms with E-state index in [1.165, 1.54) is 31.3 Å². The van der Waals surface area contributed by atoms with Crippen LogP contribution in [0.2, 0.25) is 0 Å². The van der Waals surface area contributed by atoms with Crippen LogP contribution in [-0.4, -0.2) is 62.9 Å². The topological polar surface area (TPSA) is 178 Å². The zero-order chi connectivity index (χ0) is 30.8. The molecule has 0 radical (unpaired) electrons. The molecule has 1 saturated heterocycles. The molecule has 43 heavy (non-hydrogen) atoms. The maximum absolute atomic E-state index is 13.2. The van der Waals surface area contributed by atoms with Gasteiger partial charge >= 0.3 is 5.69 Å². The van der Waals surface area contributed by atoms with Crippen LogP contribution in [0.1, 0.15) is 17.2 Å². The molecule has 1 fully saturated rings. The molecule has 14 nitrogen and oxygen atoms in total. The molecule has 0 saturated carbocycles. The van der Waals surface area contributed by atoms with Crippen molar-refractivity contribution in [3.8, 4) is 11.5 Å². The Balaban J connectivity index is 1.51. The number of fused-ring (bicyclic) bond motifs is 1. The molecule has 2 amide bonds. The van der Waals surface area contributed by atoms with Crippen LogP contribution in [0.3, 0.4) is 0 Å². The third kappa shape index (κ3) is 5.60. The molecule has 0 aromatic heterocycles. The number of nitro benzene ring substituents is 2. The highest BCUT2D eigenvalue weighted by Crippen LogP contribution is 2.39. The summed E-state index contributed by atoms with van der Waals surface area (Å²) in [4.78, 5) is 48.5. The van der Waals surface area contributed by atoms with Gasteiger partial charge in [0.2, 0.25) is 11.8 Å². The highest BCUT2D eigenvalue weighted by molar-refractivity contribution is 6.08. The molecule has 0 bridgehead atoms. The van der Waals surface area contributed by atoms with E-state index in [2.05, 4.69) is 5.43 Å². The maximum atomic E-state index is 13.2. The maximum Gasteiger partial charge on any atom is 0.300 e. The predicted molar refractivity (Wildman–Crippen MR) is 152 cm³/mol. The van der Waals surface area contributed by atoms with Gasteiger partial charge in [0, 0.05) is 13.1 Å². The molecule has 2 aliphatic heterocycles. The largest absolute Gasteiger partial charge is 0.493 e. The lowest BCUT2D eigenvalue weighted by molar-refractivity contribution is -0.393. The van der Waals surface area contributed by atoms with E-state index in [1.54, 1.807) is 18.2 Å². The van der Waals surface area contributed by atoms with Crippen LogP contribution in [-0.2, 0) is 16.2 Å². The van der Waals surface area contributed by atoms with Crippen molar-refractivity contribution >= 4 is 28.9 Å². The van der Waals surface area contributed by atoms with Crippen molar-refractivity contribution < 1.29 is 34.0 Å². The number of aliphatic hydroxyl groups excluding tert-OH is 1. The fraction of sp³-hybridized carbons (Fsp3) is 0.241. The monoisotopic (exact) mass is 589 g/mol. The first-order valence-corrected chi connectivity index (χ1v) is 13.1. The van der Waals surface area contributed by atoms with Crippen molar-refractivity contribution in [2.75, 3.05) is 19.6 Å². The molecule has 0 spiro atoms. The molecule has 3 aromatic rings. The Bertz CT molecular complexity index is 1610. The van der Waals surface area contributed by atoms with Gasteiger partial charge < -0.3 is 20.0 Å². The van der Waals surface area contributed by atoms with E-state index in [0.717, 1.165) is 28.7 Å². The van der Waals surface area contributed by atoms with Gasteiger partial charge in [-0.1, -0.05) is 48.6 Å². The highest BCUT2D eigenvalue weighted by atomic mass is 16.6. The number of hydrazine groups is 1. The number of carbonyl (C=O) groups is 2. The molecule has 0 aliphatic carbocycles. The van der Waals surface area contributed by atoms with Crippen LogP contribution in [0, 0.1) is 26.1 Å². The quantitative estimate of drug-likeness (QED) is 0.153. The molecular formula is C29H27N5O9. The van der Waals surface area contributed by atoms with Crippen LogP contribution < -0.4 is 14.9 Å². The number of imide groups is 1. The third-order valence-corrected chi connectivity index (χ3v) is 7.40. The molecule has 222 valence electrons. The number of nitrogens with zero attached hydrogens (tertiary/aromatic N) is 4. The Morgan fingerprint density at radius 1 is 0.953 bits per heavy atom. The summed E-state index contributed by atoms with van der Waals surface area (Å²) in [6.07, 6.45) is 1.73. The number of rotatable bonds is 10. The predicted octanol–water partition coefficient (Wildman–Crippen LogP) is 3.37. The lowest BCUT2D eigenvalue weighted by atomic mass is 9.90. The second-order valence-electron chi connectivity index (χ2n) is 9.95. The second-order valence-corrected chi connectivity index (χ2v) is 9.95. The third-order valence-electron chi connectivity index (χ3n) is 7.40. The molecule has 2 N–H and O–H groups in total. The summed E-state index contributed by atoms with van der Waals surface area (Å²) in [6.45, 7) is 0.226. The number of benzene rings is 3. The van der Waals surface area contributed by atoms with E-state index in [-0.39, 0.29) is 12.3 Å². The van der Waals surface area contributed by atoms with E-state index in [9.17, 15) is 34.9 Å². The highest BCUT2D eigenvalue weighted by Gasteiger charge is 2.52. The number of non-ortho nitro benzene ring substituents is 1. The SMILES string of the molecule is COc1ccc(C(O)C2C=CC3C(=O)N(C)C(=O)C3N2Nc2ccc([N+](=O)[O-])cc2[N+](=O)[O-])cc1OCc1ccccc1. The van der Waals surface area contributed by atoms with Crippen molar-refractivity contribution in [2.45, 2.75) is 24.8 Å². The van der Waals surface area contributed by atoms with Gasteiger partial charge in [-0.3, -0.25) is 34.7 Å². The Hall–Kier alpha value is -5.34. The lowest BCUT2D eigenvalue weighted by Gasteiger charge is -2.40. The van der Waals surface area contributed by atoms with E-state index < -0.39 is 57.1 Å². The molecule has 5 rings (SSSR count). The molecule has 2 aliphatic rings. The number of aliphatic hydroxyl groups is 1. The van der Waals surface area contributed by atoms with Crippen molar-refractivity contribution in [1.29, 1.82) is 0 Å². The molecule has 14 heteroatoms. The first-order valence-electron chi connectivity index (χ1n) is 13.1. The van der Waals surface area contributed by atoms with Gasteiger partial charge in [-0.05, 0) is 29.3 Å². The Labute approximate surface area is 245 Å². The van der Waals surface area contributed by atoms with E-state index >= 15 is 0 Å². The molecular weight excluding hydrogens is 562 g/mol. The smallest absolute Gasteiger partial charge is 0.300 e. The standard InChI is InChI=1S/C29H27N5O9/c1-31-28(36)20-10-12-22(27(35)18-8-13-24(42-2)25(14-18)43-16-17-6-4-3-5-7-17)32(26(20)29(31)37)30-21-11-9-19(33(38)39)15-23(21)34(40)41/h3-15,20,22,26-27,30,35H,16H2,1-2H3. The second kappa shape index (κ2) is 11.9. The number of carbonyl (C=O) groups excluding carboxylic acids is 2. The van der Waals surface area contributed by atoms with Crippen LogP contribution in [0.5, 0.6) is 11.5 Å². The lowest BCUT2D eigenvalue weighted by Crippen LogP contribution is -2.55. The van der Waals surface area contributed by atoms with Gasteiger partial charge in [0.1, 0.15) is 24.4 Å². The number of likely N-dealkylation sites (N-methyl/N-ethyl adjacent to an activating group) is 1. The number of amides is 2. The molecule has 4 unspecified atom stereocenters. The minimum absolute atomic E-state index is 0.168. The zero-order valence-corrected chi connectivity index (χ0v) is 23.0. The van der Waals surface area contributed by atoms with Gasteiger partial charge in [-0.15, -0.1) is 0 Å². The average Bonchev–Trinajstić information content (AvgIpc) is 3.23. The van der Waals surface area contributed by atoms with E-state index in [0.29, 0.717) is 17.1 Å². The summed E-state index contributed by atoms with van der Waals surface area (Å²) in [5, 5.41) is 36.0. The Morgan fingerprint density at radius 2 is 1.70 bits per heavy atom. The summed E-state index contributed by atoms with van der Waals surface area (Å²) >= 11 is 0. The summed E-state index contributed by atoms with van der Waals surface area (Å²) in [6, 6.07) is 15.1. The first-order chi connectivity index (χ1) is 20.6. The normalized spacial score (nSPS) is 20.4. The number of hydrogen-bond donors (Lipinski definition) is 2. The van der Waals surface area contributed by atoms with Crippen molar-refractivity contribution in [3.63, 3.8) is 0 Å². The van der Waals surface area contributed by atoms with Crippen LogP contribution >= 0.6 is 0 Å². The van der Waals surface area contributed by atoms with Gasteiger partial charge in [-0.25, -0.2) is 5.01 Å². The molecule has 3 aromatic carbocycles. The van der Waals surface area contributed by atoms with Crippen molar-refractivity contribution in [2.24, 2.45) is 5.92 Å². The number of hydrogen-bond acceptors (Lipinski definition) is 11. The minimum atomic E-state index is -1.33. The zero-order valence-electron chi connectivity index (χ0n) is 23.0. The average molecular weight is 590 g/mol. The summed E-state index contributed by atoms with van der Waals surface area (Å²) in [5.41, 5.74) is 2.81. The van der Waals surface area contributed by atoms with E-state index in [1.807, 2.05) is 30.3 Å². The van der Waals surface area contributed by atoms with Gasteiger partial charge in [0.05, 0.1) is 35.0 Å². The number of likely N-dealkylation sites (tertiary alicyclic amines) is 1. The van der Waals surface area contributed by atoms with Crippen LogP contribution in [0.15, 0.2) is 78.9 Å². The Kier molecular flexibility index (Phi) is 8.05. The van der Waals surface area contributed by atoms with Crippen molar-refractivity contribution in [3.05, 3.63) is 110 Å². The van der Waals surface area contributed by atoms with Crippen LogP contribution in [0.25, 0.3) is 0 Å². The number of anilines is 1. The van der Waals surface area contributed by atoms with Gasteiger partial charge in [-0.2, -0.15) is 0 Å². The number of nitro groups is 2. The number of methoxy groups -OCH3 is 1. The summed E-state index contributed by atoms with van der Waals surface area (Å²) in [7, 11) is 2.81. The first kappa shape index (κ1) is 29.2. The van der Waals surface area contributed by atoms with Gasteiger partial charge in [0.25, 0.3) is 5.69 Å². The summed E-state index contributed by atoms with van der Waals surface area (Å²) in [5.74, 6) is -1.23. The van der Waals surface area contributed by atoms with Gasteiger partial charge in [0.15, 0.2) is 11.5 Å².